The van der Waals surface area contributed by atoms with Crippen LogP contribution in [0.15, 0.2) is 54.6 Å². The number of hydrogen-bond donors (Lipinski definition) is 2. The molecule has 0 aliphatic carbocycles. The fraction of sp³-hybridized carbons (Fsp3) is 0.222. The van der Waals surface area contributed by atoms with Gasteiger partial charge in [0.05, 0.1) is 0 Å². The summed E-state index contributed by atoms with van der Waals surface area (Å²) < 4.78 is 5.68. The summed E-state index contributed by atoms with van der Waals surface area (Å²) in [6.07, 6.45) is 0.230. The number of carbonyl (C=O) groups is 2. The number of ether oxygens (including phenoxy) is 1. The van der Waals surface area contributed by atoms with Crippen molar-refractivity contribution >= 4 is 11.9 Å². The molecule has 0 bridgehead atoms. The molecule has 0 spiro atoms. The predicted molar refractivity (Wildman–Crippen MR) is 86.2 cm³/mol. The van der Waals surface area contributed by atoms with Crippen LogP contribution in [0.4, 0.5) is 0 Å². The lowest BCUT2D eigenvalue weighted by molar-refractivity contribution is -0.141. The number of nitrogens with one attached hydrogen (secondary N) is 1. The maximum absolute atomic E-state index is 11.1. The van der Waals surface area contributed by atoms with E-state index < -0.39 is 12.0 Å². The Hall–Kier alpha value is -2.82. The van der Waals surface area contributed by atoms with Crippen LogP contribution >= 0.6 is 0 Å². The van der Waals surface area contributed by atoms with Crippen LogP contribution in [0.2, 0.25) is 0 Å². The second-order valence-electron chi connectivity index (χ2n) is 5.21. The summed E-state index contributed by atoms with van der Waals surface area (Å²) in [6.45, 7) is 1.78. The molecule has 5 nitrogen and oxygen atoms in total. The van der Waals surface area contributed by atoms with E-state index in [-0.39, 0.29) is 12.3 Å². The first-order valence-electron chi connectivity index (χ1n) is 7.30. The minimum Gasteiger partial charge on any atom is -0.489 e. The van der Waals surface area contributed by atoms with Crippen LogP contribution in [-0.2, 0) is 22.6 Å². The molecule has 2 aromatic rings. The number of rotatable bonds is 7. The molecule has 0 fully saturated rings. The fourth-order valence-electron chi connectivity index (χ4n) is 2.14. The van der Waals surface area contributed by atoms with E-state index in [2.05, 4.69) is 5.32 Å². The van der Waals surface area contributed by atoms with Crippen molar-refractivity contribution in [1.29, 1.82) is 0 Å². The second-order valence-corrected chi connectivity index (χ2v) is 5.21. The molecule has 0 aliphatic rings. The van der Waals surface area contributed by atoms with Crippen LogP contribution in [0.1, 0.15) is 18.1 Å². The lowest BCUT2D eigenvalue weighted by Gasteiger charge is -2.13. The lowest BCUT2D eigenvalue weighted by Crippen LogP contribution is -2.41. The molecule has 1 amide bonds. The monoisotopic (exact) mass is 313 g/mol. The summed E-state index contributed by atoms with van der Waals surface area (Å²) in [5.41, 5.74) is 1.89. The third kappa shape index (κ3) is 5.47. The van der Waals surface area contributed by atoms with Gasteiger partial charge in [0.2, 0.25) is 5.91 Å². The van der Waals surface area contributed by atoms with Gasteiger partial charge in [0.25, 0.3) is 0 Å². The van der Waals surface area contributed by atoms with Gasteiger partial charge in [-0.15, -0.1) is 0 Å². The molecular formula is C18H19NO4. The molecule has 0 aromatic heterocycles. The minimum absolute atomic E-state index is 0.230. The van der Waals surface area contributed by atoms with E-state index in [1.807, 2.05) is 30.3 Å². The van der Waals surface area contributed by atoms with Crippen molar-refractivity contribution in [2.75, 3.05) is 0 Å². The zero-order chi connectivity index (χ0) is 16.7. The van der Waals surface area contributed by atoms with E-state index in [1.54, 1.807) is 24.3 Å². The first-order valence-corrected chi connectivity index (χ1v) is 7.30. The topological polar surface area (TPSA) is 75.6 Å². The highest BCUT2D eigenvalue weighted by Crippen LogP contribution is 2.15. The van der Waals surface area contributed by atoms with Gasteiger partial charge in [-0.1, -0.05) is 42.5 Å². The highest BCUT2D eigenvalue weighted by Gasteiger charge is 2.18. The smallest absolute Gasteiger partial charge is 0.326 e. The predicted octanol–water partition coefficient (Wildman–Crippen LogP) is 2.40. The number of amides is 1. The average molecular weight is 313 g/mol. The number of hydrogen-bond acceptors (Lipinski definition) is 3. The first kappa shape index (κ1) is 16.5. The summed E-state index contributed by atoms with van der Waals surface area (Å²) >= 11 is 0. The van der Waals surface area contributed by atoms with Gasteiger partial charge >= 0.3 is 5.97 Å². The molecule has 23 heavy (non-hydrogen) atoms. The molecule has 2 N–H and O–H groups in total. The van der Waals surface area contributed by atoms with Crippen molar-refractivity contribution in [3.05, 3.63) is 65.7 Å². The summed E-state index contributed by atoms with van der Waals surface area (Å²) in [6, 6.07) is 16.1. The third-order valence-electron chi connectivity index (χ3n) is 3.29. The average Bonchev–Trinajstić information content (AvgIpc) is 2.54. The van der Waals surface area contributed by atoms with E-state index in [1.165, 1.54) is 6.92 Å². The molecule has 1 atom stereocenters. The van der Waals surface area contributed by atoms with E-state index in [9.17, 15) is 9.59 Å². The molecule has 0 saturated carbocycles. The van der Waals surface area contributed by atoms with Crippen LogP contribution in [0.5, 0.6) is 5.75 Å². The molecule has 2 rings (SSSR count). The van der Waals surface area contributed by atoms with Gasteiger partial charge in [0.1, 0.15) is 18.4 Å². The van der Waals surface area contributed by atoms with Crippen LogP contribution in [0.25, 0.3) is 0 Å². The highest BCUT2D eigenvalue weighted by molar-refractivity contribution is 5.82. The summed E-state index contributed by atoms with van der Waals surface area (Å²) in [5, 5.41) is 11.5. The quantitative estimate of drug-likeness (QED) is 0.823. The third-order valence-corrected chi connectivity index (χ3v) is 3.29. The molecule has 0 saturated heterocycles. The second kappa shape index (κ2) is 7.98. The maximum Gasteiger partial charge on any atom is 0.326 e. The van der Waals surface area contributed by atoms with Gasteiger partial charge in [0.15, 0.2) is 0 Å². The van der Waals surface area contributed by atoms with Crippen molar-refractivity contribution in [2.45, 2.75) is 26.0 Å². The number of carbonyl (C=O) groups excluding carboxylic acids is 1. The summed E-state index contributed by atoms with van der Waals surface area (Å²) in [5.74, 6) is -0.700. The van der Waals surface area contributed by atoms with Gasteiger partial charge in [-0.2, -0.15) is 0 Å². The van der Waals surface area contributed by atoms with Crippen molar-refractivity contribution in [1.82, 2.24) is 5.32 Å². The van der Waals surface area contributed by atoms with Crippen LogP contribution in [0, 0.1) is 0 Å². The molecule has 0 aliphatic heterocycles. The largest absolute Gasteiger partial charge is 0.489 e. The zero-order valence-corrected chi connectivity index (χ0v) is 12.9. The van der Waals surface area contributed by atoms with Crippen LogP contribution in [0.3, 0.4) is 0 Å². The summed E-state index contributed by atoms with van der Waals surface area (Å²) in [7, 11) is 0. The molecule has 0 unspecified atom stereocenters. The Labute approximate surface area is 134 Å². The standard InChI is InChI=1S/C18H19NO4/c1-13(20)19-17(18(21)22)11-14-7-9-16(10-8-14)23-12-15-5-3-2-4-6-15/h2-10,17H,11-12H2,1H3,(H,19,20)(H,21,22)/t17-/m1/s1. The Bertz CT molecular complexity index is 652. The number of benzene rings is 2. The fourth-order valence-corrected chi connectivity index (χ4v) is 2.14. The number of carboxylic acid groups (broad SMARTS) is 1. The molecule has 2 aromatic carbocycles. The molecule has 0 heterocycles. The SMILES string of the molecule is CC(=O)N[C@H](Cc1ccc(OCc2ccccc2)cc1)C(=O)O. The van der Waals surface area contributed by atoms with E-state index in [0.717, 1.165) is 11.1 Å². The Balaban J connectivity index is 1.93. The van der Waals surface area contributed by atoms with E-state index >= 15 is 0 Å². The normalized spacial score (nSPS) is 11.5. The molecular weight excluding hydrogens is 294 g/mol. The van der Waals surface area contributed by atoms with Gasteiger partial charge in [0, 0.05) is 13.3 Å². The van der Waals surface area contributed by atoms with Crippen molar-refractivity contribution in [3.8, 4) is 5.75 Å². The van der Waals surface area contributed by atoms with Crippen molar-refractivity contribution < 1.29 is 19.4 Å². The van der Waals surface area contributed by atoms with Crippen molar-refractivity contribution in [2.24, 2.45) is 0 Å². The lowest BCUT2D eigenvalue weighted by atomic mass is 10.1. The molecule has 5 heteroatoms. The van der Waals surface area contributed by atoms with Crippen LogP contribution < -0.4 is 10.1 Å². The van der Waals surface area contributed by atoms with Crippen LogP contribution in [-0.4, -0.2) is 23.0 Å². The van der Waals surface area contributed by atoms with Gasteiger partial charge in [-0.25, -0.2) is 4.79 Å². The molecule has 0 radical (unpaired) electrons. The Morgan fingerprint density at radius 3 is 2.26 bits per heavy atom. The van der Waals surface area contributed by atoms with Crippen molar-refractivity contribution in [3.63, 3.8) is 0 Å². The maximum atomic E-state index is 11.1. The van der Waals surface area contributed by atoms with Gasteiger partial charge in [-0.3, -0.25) is 4.79 Å². The van der Waals surface area contributed by atoms with Gasteiger partial charge < -0.3 is 15.2 Å². The minimum atomic E-state index is -1.05. The Morgan fingerprint density at radius 2 is 1.70 bits per heavy atom. The van der Waals surface area contributed by atoms with E-state index in [0.29, 0.717) is 12.4 Å². The number of aliphatic carboxylic acids is 1. The first-order chi connectivity index (χ1) is 11.0. The Morgan fingerprint density at radius 1 is 1.04 bits per heavy atom. The number of carboxylic acids is 1. The van der Waals surface area contributed by atoms with E-state index in [4.69, 9.17) is 9.84 Å². The summed E-state index contributed by atoms with van der Waals surface area (Å²) in [4.78, 5) is 22.2. The molecule has 120 valence electrons. The highest BCUT2D eigenvalue weighted by atomic mass is 16.5. The Kier molecular flexibility index (Phi) is 5.74. The zero-order valence-electron chi connectivity index (χ0n) is 12.9. The van der Waals surface area contributed by atoms with Gasteiger partial charge in [-0.05, 0) is 23.3 Å².